The number of ether oxygens (including phenoxy) is 2. The minimum absolute atomic E-state index is 0.134. The molecule has 4 nitrogen and oxygen atoms in total. The number of hydrogen-bond donors (Lipinski definition) is 0. The molecule has 0 bridgehead atoms. The van der Waals surface area contributed by atoms with Crippen molar-refractivity contribution in [3.63, 3.8) is 0 Å². The number of fused-ring (bicyclic) bond motifs is 1. The molecule has 0 N–H and O–H groups in total. The van der Waals surface area contributed by atoms with Crippen molar-refractivity contribution in [2.75, 3.05) is 40.4 Å². The van der Waals surface area contributed by atoms with Gasteiger partial charge in [-0.3, -0.25) is 4.90 Å². The Bertz CT molecular complexity index is 579. The molecule has 1 atom stereocenters. The van der Waals surface area contributed by atoms with Crippen LogP contribution in [0.2, 0.25) is 0 Å². The number of rotatable bonds is 3. The lowest BCUT2D eigenvalue weighted by Crippen LogP contribution is -2.52. The average Bonchev–Trinajstić information content (AvgIpc) is 3.05. The molecule has 4 heteroatoms. The highest BCUT2D eigenvalue weighted by atomic mass is 16.5. The Kier molecular flexibility index (Phi) is 4.54. The van der Waals surface area contributed by atoms with Crippen LogP contribution in [0.1, 0.15) is 36.8 Å². The van der Waals surface area contributed by atoms with E-state index in [9.17, 15) is 0 Å². The van der Waals surface area contributed by atoms with Crippen LogP contribution in [0, 0.1) is 0 Å². The summed E-state index contributed by atoms with van der Waals surface area (Å²) in [6.07, 6.45) is 5.78. The minimum Gasteiger partial charge on any atom is -0.493 e. The van der Waals surface area contributed by atoms with Gasteiger partial charge in [0.25, 0.3) is 0 Å². The second kappa shape index (κ2) is 6.66. The van der Waals surface area contributed by atoms with Gasteiger partial charge in [0.2, 0.25) is 0 Å². The van der Waals surface area contributed by atoms with Crippen molar-refractivity contribution >= 4 is 0 Å². The highest BCUT2D eigenvalue weighted by molar-refractivity contribution is 5.39. The highest BCUT2D eigenvalue weighted by Gasteiger charge is 2.40. The van der Waals surface area contributed by atoms with E-state index in [2.05, 4.69) is 42.1 Å². The predicted molar refractivity (Wildman–Crippen MR) is 95.5 cm³/mol. The Balaban J connectivity index is 1.34. The second-order valence-electron chi connectivity index (χ2n) is 7.96. The lowest BCUT2D eigenvalue weighted by molar-refractivity contribution is -0.130. The van der Waals surface area contributed by atoms with Crippen LogP contribution in [-0.4, -0.2) is 61.8 Å². The predicted octanol–water partition coefficient (Wildman–Crippen LogP) is 2.70. The van der Waals surface area contributed by atoms with Gasteiger partial charge < -0.3 is 14.4 Å². The van der Waals surface area contributed by atoms with Crippen LogP contribution < -0.4 is 4.74 Å². The quantitative estimate of drug-likeness (QED) is 0.851. The monoisotopic (exact) mass is 330 g/mol. The lowest BCUT2D eigenvalue weighted by Gasteiger charge is -2.47. The van der Waals surface area contributed by atoms with Gasteiger partial charge in [0.05, 0.1) is 12.2 Å². The van der Waals surface area contributed by atoms with Gasteiger partial charge in [0.1, 0.15) is 5.75 Å². The third-order valence-electron chi connectivity index (χ3n) is 6.12. The Morgan fingerprint density at radius 2 is 2.04 bits per heavy atom. The van der Waals surface area contributed by atoms with Crippen LogP contribution in [0.4, 0.5) is 0 Å². The molecule has 2 fully saturated rings. The van der Waals surface area contributed by atoms with Gasteiger partial charge in [-0.25, -0.2) is 0 Å². The van der Waals surface area contributed by atoms with Crippen molar-refractivity contribution in [2.24, 2.45) is 0 Å². The Hall–Kier alpha value is -1.10. The zero-order valence-corrected chi connectivity index (χ0v) is 15.1. The zero-order chi connectivity index (χ0) is 16.6. The highest BCUT2D eigenvalue weighted by Crippen LogP contribution is 2.36. The third kappa shape index (κ3) is 3.32. The van der Waals surface area contributed by atoms with Crippen molar-refractivity contribution in [1.82, 2.24) is 9.80 Å². The van der Waals surface area contributed by atoms with Crippen LogP contribution in [0.25, 0.3) is 0 Å². The van der Waals surface area contributed by atoms with E-state index in [0.29, 0.717) is 6.04 Å². The van der Waals surface area contributed by atoms with Crippen molar-refractivity contribution in [2.45, 2.75) is 50.3 Å². The summed E-state index contributed by atoms with van der Waals surface area (Å²) in [5.74, 6) is 1.08. The lowest BCUT2D eigenvalue weighted by atomic mass is 9.82. The van der Waals surface area contributed by atoms with E-state index in [4.69, 9.17) is 9.47 Å². The summed E-state index contributed by atoms with van der Waals surface area (Å²) in [7, 11) is 4.41. The normalized spacial score (nSPS) is 26.5. The molecule has 0 aromatic heterocycles. The summed E-state index contributed by atoms with van der Waals surface area (Å²) in [4.78, 5) is 4.97. The van der Waals surface area contributed by atoms with Gasteiger partial charge in [-0.05, 0) is 57.0 Å². The van der Waals surface area contributed by atoms with Crippen molar-refractivity contribution in [1.29, 1.82) is 0 Å². The molecular formula is C20H30N2O2. The fourth-order valence-corrected chi connectivity index (χ4v) is 4.51. The van der Waals surface area contributed by atoms with Gasteiger partial charge in [0.15, 0.2) is 0 Å². The van der Waals surface area contributed by atoms with E-state index in [0.717, 1.165) is 45.0 Å². The maximum atomic E-state index is 6.28. The number of piperidine rings is 1. The van der Waals surface area contributed by atoms with Crippen LogP contribution in [0.3, 0.4) is 0 Å². The van der Waals surface area contributed by atoms with E-state index in [1.165, 1.54) is 36.8 Å². The maximum Gasteiger partial charge on any atom is 0.122 e. The van der Waals surface area contributed by atoms with Gasteiger partial charge in [-0.2, -0.15) is 0 Å². The SMILES string of the molecule is CN(C)[C@@H]1CCOC2(CCN(Cc3ccc4c(c3)CCO4)CC2)C1. The zero-order valence-electron chi connectivity index (χ0n) is 15.1. The maximum absolute atomic E-state index is 6.28. The molecule has 3 heterocycles. The van der Waals surface area contributed by atoms with Crippen LogP contribution in [-0.2, 0) is 17.7 Å². The van der Waals surface area contributed by atoms with Crippen LogP contribution >= 0.6 is 0 Å². The number of nitrogens with zero attached hydrogens (tertiary/aromatic N) is 2. The number of likely N-dealkylation sites (tertiary alicyclic amines) is 1. The Labute approximate surface area is 145 Å². The molecule has 4 rings (SSSR count). The van der Waals surface area contributed by atoms with Gasteiger partial charge in [0, 0.05) is 38.7 Å². The average molecular weight is 330 g/mol. The Morgan fingerprint density at radius 1 is 1.21 bits per heavy atom. The first-order valence-electron chi connectivity index (χ1n) is 9.41. The summed E-state index contributed by atoms with van der Waals surface area (Å²) < 4.78 is 11.9. The molecule has 0 saturated carbocycles. The van der Waals surface area contributed by atoms with E-state index < -0.39 is 0 Å². The van der Waals surface area contributed by atoms with E-state index in [1.54, 1.807) is 0 Å². The van der Waals surface area contributed by atoms with E-state index in [1.807, 2.05) is 0 Å². The summed E-state index contributed by atoms with van der Waals surface area (Å²) in [6, 6.07) is 7.40. The van der Waals surface area contributed by atoms with E-state index in [-0.39, 0.29) is 5.60 Å². The summed E-state index contributed by atoms with van der Waals surface area (Å²) in [5.41, 5.74) is 2.94. The first-order chi connectivity index (χ1) is 11.6. The van der Waals surface area contributed by atoms with Crippen LogP contribution in [0.5, 0.6) is 5.75 Å². The molecule has 0 radical (unpaired) electrons. The molecule has 3 aliphatic heterocycles. The van der Waals surface area contributed by atoms with Gasteiger partial charge in [-0.1, -0.05) is 12.1 Å². The molecule has 132 valence electrons. The first kappa shape index (κ1) is 16.4. The van der Waals surface area contributed by atoms with Gasteiger partial charge in [-0.15, -0.1) is 0 Å². The van der Waals surface area contributed by atoms with E-state index >= 15 is 0 Å². The minimum atomic E-state index is 0.134. The van der Waals surface area contributed by atoms with Crippen molar-refractivity contribution in [3.05, 3.63) is 29.3 Å². The third-order valence-corrected chi connectivity index (χ3v) is 6.12. The molecule has 24 heavy (non-hydrogen) atoms. The summed E-state index contributed by atoms with van der Waals surface area (Å²) in [5, 5.41) is 0. The van der Waals surface area contributed by atoms with Crippen molar-refractivity contribution in [3.8, 4) is 5.75 Å². The molecule has 3 aliphatic rings. The Morgan fingerprint density at radius 3 is 2.83 bits per heavy atom. The number of hydrogen-bond acceptors (Lipinski definition) is 4. The molecule has 0 unspecified atom stereocenters. The smallest absolute Gasteiger partial charge is 0.122 e. The molecule has 2 saturated heterocycles. The van der Waals surface area contributed by atoms with Gasteiger partial charge >= 0.3 is 0 Å². The molecule has 0 amide bonds. The first-order valence-corrected chi connectivity index (χ1v) is 9.41. The molecule has 0 aliphatic carbocycles. The topological polar surface area (TPSA) is 24.9 Å². The largest absolute Gasteiger partial charge is 0.493 e. The molecule has 1 aromatic rings. The second-order valence-corrected chi connectivity index (χ2v) is 7.96. The number of benzene rings is 1. The standard InChI is InChI=1S/C20H30N2O2/c1-21(2)18-6-12-24-20(14-18)7-9-22(10-8-20)15-16-3-4-19-17(13-16)5-11-23-19/h3-4,13,18H,5-12,14-15H2,1-2H3/t18-/m1/s1. The fourth-order valence-electron chi connectivity index (χ4n) is 4.51. The molecule has 1 aromatic carbocycles. The summed E-state index contributed by atoms with van der Waals surface area (Å²) >= 11 is 0. The van der Waals surface area contributed by atoms with Crippen LogP contribution in [0.15, 0.2) is 18.2 Å². The molecular weight excluding hydrogens is 300 g/mol. The summed E-state index contributed by atoms with van der Waals surface area (Å²) in [6.45, 7) is 5.12. The van der Waals surface area contributed by atoms with Crippen molar-refractivity contribution < 1.29 is 9.47 Å². The fraction of sp³-hybridized carbons (Fsp3) is 0.700. The molecule has 1 spiro atoms.